The molecule has 0 N–H and O–H groups in total. The van der Waals surface area contributed by atoms with Crippen molar-refractivity contribution < 1.29 is 97.0 Å². The Bertz CT molecular complexity index is 4520. The number of hydrogen-bond acceptors (Lipinski definition) is 14. The van der Waals surface area contributed by atoms with Crippen molar-refractivity contribution in [2.24, 2.45) is 0 Å². The summed E-state index contributed by atoms with van der Waals surface area (Å²) in [6.45, 7) is 2.50. The molecule has 94 heavy (non-hydrogen) atoms. The molecule has 0 atom stereocenters. The average molecular weight is 1510 g/mol. The van der Waals surface area contributed by atoms with E-state index in [0.717, 1.165) is 87.2 Å². The summed E-state index contributed by atoms with van der Waals surface area (Å²) in [5, 5.41) is 44.7. The molecule has 0 amide bonds. The van der Waals surface area contributed by atoms with E-state index < -0.39 is 31.3 Å². The largest absolute Gasteiger partial charge is 1.00 e. The molecule has 22 nitrogen and oxygen atoms in total. The summed E-state index contributed by atoms with van der Waals surface area (Å²) in [6, 6.07) is 65.6. The number of aromatic nitrogens is 16. The van der Waals surface area contributed by atoms with Gasteiger partial charge in [0, 0.05) is 43.1 Å². The fourth-order valence-electron chi connectivity index (χ4n) is 9.62. The van der Waals surface area contributed by atoms with Crippen LogP contribution in [-0.2, 0) is 91.7 Å². The van der Waals surface area contributed by atoms with Crippen LogP contribution >= 0.6 is 0 Å². The Kier molecular flexibility index (Phi) is 21.6. The van der Waals surface area contributed by atoms with Crippen LogP contribution < -0.4 is 0 Å². The number of rotatable bonds is 8. The molecular formula is C62H48Ag2F6N16O6S2. The van der Waals surface area contributed by atoms with Gasteiger partial charge in [-0.05, 0) is 48.5 Å². The van der Waals surface area contributed by atoms with Crippen molar-refractivity contribution in [3.8, 4) is 0 Å². The van der Waals surface area contributed by atoms with Crippen LogP contribution in [-0.4, -0.2) is 115 Å². The second kappa shape index (κ2) is 29.6. The number of para-hydroxylation sites is 8. The van der Waals surface area contributed by atoms with E-state index in [9.17, 15) is 26.3 Å². The Balaban J connectivity index is 0.000000136. The summed E-state index contributed by atoms with van der Waals surface area (Å²) in [6.07, 6.45) is 15.1. The van der Waals surface area contributed by atoms with Crippen LogP contribution in [0.25, 0.3) is 87.2 Å². The van der Waals surface area contributed by atoms with E-state index in [0.29, 0.717) is 26.7 Å². The van der Waals surface area contributed by atoms with Crippen molar-refractivity contribution in [1.82, 2.24) is 78.2 Å². The molecule has 0 saturated heterocycles. The zero-order valence-electron chi connectivity index (χ0n) is 48.2. The summed E-state index contributed by atoms with van der Waals surface area (Å²) >= 11 is 0. The summed E-state index contributed by atoms with van der Waals surface area (Å²) in [5.74, 6) is 0. The monoisotopic (exact) mass is 1500 g/mol. The molecule has 8 aromatic carbocycles. The van der Waals surface area contributed by atoms with E-state index in [4.69, 9.17) is 25.9 Å². The Morgan fingerprint density at radius 3 is 0.468 bits per heavy atom. The van der Waals surface area contributed by atoms with Crippen molar-refractivity contribution in [2.75, 3.05) is 0 Å². The summed E-state index contributed by atoms with van der Waals surface area (Å²) in [4.78, 5) is 0. The van der Waals surface area contributed by atoms with E-state index in [-0.39, 0.29) is 44.8 Å². The first-order valence-electron chi connectivity index (χ1n) is 27.5. The van der Waals surface area contributed by atoms with Crippen LogP contribution in [0.5, 0.6) is 0 Å². The van der Waals surface area contributed by atoms with E-state index in [1.807, 2.05) is 184 Å². The van der Waals surface area contributed by atoms with Crippen LogP contribution in [0.3, 0.4) is 0 Å². The van der Waals surface area contributed by atoms with Crippen LogP contribution in [0.4, 0.5) is 26.3 Å². The average Bonchev–Trinajstić information content (AvgIpc) is 1.69. The Morgan fingerprint density at radius 1 is 0.255 bits per heavy atom. The molecular weight excluding hydrogens is 1460 g/mol. The molecule has 16 rings (SSSR count). The van der Waals surface area contributed by atoms with Crippen LogP contribution in [0.1, 0.15) is 0 Å². The van der Waals surface area contributed by atoms with E-state index in [2.05, 4.69) is 138 Å². The predicted molar refractivity (Wildman–Crippen MR) is 331 cm³/mol. The third-order valence-electron chi connectivity index (χ3n) is 14.0. The molecule has 0 aliphatic rings. The zero-order chi connectivity index (χ0) is 64.6. The van der Waals surface area contributed by atoms with Gasteiger partial charge >= 0.3 is 55.8 Å². The van der Waals surface area contributed by atoms with Crippen molar-refractivity contribution in [1.29, 1.82) is 0 Å². The first-order valence-corrected chi connectivity index (χ1v) is 30.3. The van der Waals surface area contributed by atoms with Gasteiger partial charge in [0.25, 0.3) is 0 Å². The molecule has 0 unspecified atom stereocenters. The molecule has 0 radical (unpaired) electrons. The summed E-state index contributed by atoms with van der Waals surface area (Å²) in [7, 11) is -12.2. The van der Waals surface area contributed by atoms with Crippen LogP contribution in [0, 0.1) is 0 Å². The van der Waals surface area contributed by atoms with Crippen LogP contribution in [0.2, 0.25) is 0 Å². The Labute approximate surface area is 560 Å². The summed E-state index contributed by atoms with van der Waals surface area (Å²) < 4.78 is 134. The minimum Gasteiger partial charge on any atom is -0.741 e. The van der Waals surface area contributed by atoms with E-state index in [1.165, 1.54) is 0 Å². The first-order chi connectivity index (χ1) is 44.2. The number of alkyl halides is 6. The zero-order valence-corrected chi connectivity index (χ0v) is 52.8. The van der Waals surface area contributed by atoms with Crippen molar-refractivity contribution in [3.63, 3.8) is 0 Å². The second-order valence-corrected chi connectivity index (χ2v) is 22.7. The molecule has 0 fully saturated rings. The third-order valence-corrected chi connectivity index (χ3v) is 15.2. The molecule has 8 aromatic heterocycles. The van der Waals surface area contributed by atoms with Gasteiger partial charge in [0.05, 0.1) is 93.7 Å². The number of fused-ring (bicyclic) bond motifs is 8. The van der Waals surface area contributed by atoms with Crippen molar-refractivity contribution in [3.05, 3.63) is 244 Å². The fraction of sp³-hybridized carbons (Fsp3) is 0.0968. The van der Waals surface area contributed by atoms with Gasteiger partial charge in [0.15, 0.2) is 20.2 Å². The van der Waals surface area contributed by atoms with E-state index >= 15 is 0 Å². The van der Waals surface area contributed by atoms with Crippen LogP contribution in [0.15, 0.2) is 244 Å². The molecule has 0 bridgehead atoms. The van der Waals surface area contributed by atoms with Gasteiger partial charge in [-0.3, -0.25) is 0 Å². The minimum atomic E-state index is -6.09. The third kappa shape index (κ3) is 16.1. The molecule has 0 aliphatic heterocycles. The fourth-order valence-corrected chi connectivity index (χ4v) is 9.62. The van der Waals surface area contributed by atoms with Gasteiger partial charge in [-0.25, -0.2) is 54.3 Å². The minimum absolute atomic E-state index is 0. The van der Waals surface area contributed by atoms with Crippen molar-refractivity contribution >= 4 is 107 Å². The number of benzene rings is 8. The van der Waals surface area contributed by atoms with Gasteiger partial charge in [-0.1, -0.05) is 146 Å². The van der Waals surface area contributed by atoms with Crippen molar-refractivity contribution in [2.45, 2.75) is 37.7 Å². The molecule has 8 heterocycles. The number of nitrogens with zero attached hydrogens (tertiary/aromatic N) is 16. The van der Waals surface area contributed by atoms with Gasteiger partial charge < -0.3 is 9.11 Å². The Morgan fingerprint density at radius 2 is 0.362 bits per heavy atom. The standard InChI is InChI=1S/4C15H12N4.2CHF3O3S.2Ag/c4*1-3-7-14-12(5-1)9-16-18(14)11-19-15-8-4-2-6-13(15)10-17-19;2*2-1(3,4)8(5,6)7;;/h4*1-10H,11H2;2*(H,5,6,7);;/q;;;;;;2*+1/p-2. The smallest absolute Gasteiger partial charge is 0.741 e. The van der Waals surface area contributed by atoms with Gasteiger partial charge in [0.2, 0.25) is 0 Å². The van der Waals surface area contributed by atoms with Gasteiger partial charge in [-0.15, -0.1) is 0 Å². The number of hydrogen-bond donors (Lipinski definition) is 0. The molecule has 0 aliphatic carbocycles. The topological polar surface area (TPSA) is 257 Å². The molecule has 0 saturated carbocycles. The second-order valence-electron chi connectivity index (χ2n) is 20.0. The quantitative estimate of drug-likeness (QED) is 0.0593. The molecule has 16 aromatic rings. The van der Waals surface area contributed by atoms with E-state index in [1.54, 1.807) is 0 Å². The number of halogens is 6. The maximum absolute atomic E-state index is 10.7. The molecule has 0 spiro atoms. The molecule has 488 valence electrons. The summed E-state index contributed by atoms with van der Waals surface area (Å²) in [5.41, 5.74) is -2.28. The maximum Gasteiger partial charge on any atom is 1.00 e. The first kappa shape index (κ1) is 68.8. The SMILES string of the molecule is O=S(=O)([O-])C(F)(F)F.O=S(=O)([O-])C(F)(F)F.[Ag+].[Ag+].c1ccc2c(c1)cnn2Cn1ncc2ccccc21.c1ccc2c(c1)cnn2Cn1ncc2ccccc21.c1ccc2c(c1)cnn2Cn1ncc2ccccc21.c1ccc2c(c1)cnn2Cn1ncc2ccccc21. The predicted octanol–water partition coefficient (Wildman–Crippen LogP) is 11.7. The Hall–Kier alpha value is -9.60. The van der Waals surface area contributed by atoms with Gasteiger partial charge in [-0.2, -0.15) is 67.1 Å². The van der Waals surface area contributed by atoms with Gasteiger partial charge in [0.1, 0.15) is 26.7 Å². The normalized spacial score (nSPS) is 11.6. The molecule has 32 heteroatoms. The maximum atomic E-state index is 10.7.